The predicted octanol–water partition coefficient (Wildman–Crippen LogP) is 1.83. The van der Waals surface area contributed by atoms with Crippen LogP contribution >= 0.6 is 0 Å². The van der Waals surface area contributed by atoms with Crippen molar-refractivity contribution in [2.24, 2.45) is 0 Å². The molecule has 1 unspecified atom stereocenters. The summed E-state index contributed by atoms with van der Waals surface area (Å²) >= 11 is 0. The Morgan fingerprint density at radius 3 is 2.60 bits per heavy atom. The molecular formula is C15H16N2O3. The third-order valence-corrected chi connectivity index (χ3v) is 3.83. The number of carbonyl (C=O) groups is 2. The number of carboxylic acids is 1. The third kappa shape index (κ3) is 2.37. The Hall–Kier alpha value is -2.35. The van der Waals surface area contributed by atoms with Gasteiger partial charge in [-0.2, -0.15) is 5.26 Å². The Kier molecular flexibility index (Phi) is 3.75. The molecule has 0 radical (unpaired) electrons. The van der Waals surface area contributed by atoms with Crippen molar-refractivity contribution in [3.63, 3.8) is 0 Å². The van der Waals surface area contributed by atoms with Crippen LogP contribution in [-0.4, -0.2) is 34.0 Å². The number of benzene rings is 1. The van der Waals surface area contributed by atoms with Gasteiger partial charge in [0.1, 0.15) is 5.54 Å². The molecule has 1 saturated heterocycles. The fourth-order valence-electron chi connectivity index (χ4n) is 2.52. The molecule has 2 rings (SSSR count). The van der Waals surface area contributed by atoms with Crippen LogP contribution in [0.25, 0.3) is 0 Å². The van der Waals surface area contributed by atoms with Crippen molar-refractivity contribution < 1.29 is 14.7 Å². The molecule has 0 aliphatic carbocycles. The van der Waals surface area contributed by atoms with Gasteiger partial charge in [0.15, 0.2) is 0 Å². The van der Waals surface area contributed by atoms with Crippen LogP contribution in [0.1, 0.15) is 35.7 Å². The zero-order valence-corrected chi connectivity index (χ0v) is 11.3. The van der Waals surface area contributed by atoms with E-state index in [9.17, 15) is 14.7 Å². The van der Waals surface area contributed by atoms with Crippen LogP contribution in [-0.2, 0) is 11.2 Å². The number of hydrogen-bond acceptors (Lipinski definition) is 3. The molecule has 5 heteroatoms. The average Bonchev–Trinajstić information content (AvgIpc) is 2.83. The zero-order valence-electron chi connectivity index (χ0n) is 11.3. The van der Waals surface area contributed by atoms with E-state index in [1.807, 2.05) is 6.07 Å². The number of hydrogen-bond donors (Lipinski definition) is 1. The lowest BCUT2D eigenvalue weighted by molar-refractivity contribution is -0.147. The first-order chi connectivity index (χ1) is 9.49. The number of carboxylic acid groups (broad SMARTS) is 1. The first-order valence-electron chi connectivity index (χ1n) is 6.50. The fraction of sp³-hybridized carbons (Fsp3) is 0.400. The standard InChI is InChI=1S/C15H16N2O3/c1-15(14(19)20)8-2-10-17(15)13(18)12-5-3-11(4-6-12)7-9-16/h3-6H,2,7-8,10H2,1H3,(H,19,20). The highest BCUT2D eigenvalue weighted by molar-refractivity contribution is 5.98. The van der Waals surface area contributed by atoms with E-state index >= 15 is 0 Å². The maximum absolute atomic E-state index is 12.4. The summed E-state index contributed by atoms with van der Waals surface area (Å²) in [5, 5.41) is 17.9. The summed E-state index contributed by atoms with van der Waals surface area (Å²) in [5.74, 6) is -1.24. The van der Waals surface area contributed by atoms with Crippen molar-refractivity contribution in [2.45, 2.75) is 31.7 Å². The number of rotatable bonds is 3. The van der Waals surface area contributed by atoms with Gasteiger partial charge in [-0.1, -0.05) is 12.1 Å². The molecule has 1 heterocycles. The molecule has 1 amide bonds. The minimum absolute atomic E-state index is 0.268. The van der Waals surface area contributed by atoms with Crippen molar-refractivity contribution in [2.75, 3.05) is 6.54 Å². The summed E-state index contributed by atoms with van der Waals surface area (Å²) in [6.45, 7) is 2.05. The van der Waals surface area contributed by atoms with E-state index in [1.54, 1.807) is 31.2 Å². The van der Waals surface area contributed by atoms with Gasteiger partial charge in [-0.05, 0) is 37.5 Å². The van der Waals surface area contributed by atoms with E-state index in [0.29, 0.717) is 31.4 Å². The molecule has 1 atom stereocenters. The van der Waals surface area contributed by atoms with Crippen LogP contribution in [0.5, 0.6) is 0 Å². The number of amides is 1. The molecule has 0 aromatic heterocycles. The Morgan fingerprint density at radius 1 is 1.40 bits per heavy atom. The molecule has 0 saturated carbocycles. The summed E-state index contributed by atoms with van der Waals surface area (Å²) in [6, 6.07) is 8.79. The minimum Gasteiger partial charge on any atom is -0.480 e. The molecule has 0 bridgehead atoms. The minimum atomic E-state index is -1.12. The Balaban J connectivity index is 2.23. The lowest BCUT2D eigenvalue weighted by Gasteiger charge is -2.31. The number of carbonyl (C=O) groups excluding carboxylic acids is 1. The lowest BCUT2D eigenvalue weighted by Crippen LogP contribution is -2.50. The predicted molar refractivity (Wildman–Crippen MR) is 72.1 cm³/mol. The van der Waals surface area contributed by atoms with Gasteiger partial charge in [-0.25, -0.2) is 4.79 Å². The average molecular weight is 272 g/mol. The second-order valence-corrected chi connectivity index (χ2v) is 5.17. The molecule has 5 nitrogen and oxygen atoms in total. The second-order valence-electron chi connectivity index (χ2n) is 5.17. The molecule has 104 valence electrons. The zero-order chi connectivity index (χ0) is 14.8. The second kappa shape index (κ2) is 5.33. The monoisotopic (exact) mass is 272 g/mol. The van der Waals surface area contributed by atoms with Crippen LogP contribution in [0.4, 0.5) is 0 Å². The van der Waals surface area contributed by atoms with Gasteiger partial charge in [-0.3, -0.25) is 4.79 Å². The van der Waals surface area contributed by atoms with Crippen LogP contribution in [0.3, 0.4) is 0 Å². The van der Waals surface area contributed by atoms with Crippen molar-refractivity contribution in [1.29, 1.82) is 5.26 Å². The van der Waals surface area contributed by atoms with Crippen molar-refractivity contribution in [1.82, 2.24) is 4.90 Å². The summed E-state index contributed by atoms with van der Waals surface area (Å²) in [7, 11) is 0. The highest BCUT2D eigenvalue weighted by Crippen LogP contribution is 2.30. The molecule has 20 heavy (non-hydrogen) atoms. The maximum Gasteiger partial charge on any atom is 0.329 e. The highest BCUT2D eigenvalue weighted by Gasteiger charge is 2.46. The van der Waals surface area contributed by atoms with Gasteiger partial charge in [0.2, 0.25) is 0 Å². The van der Waals surface area contributed by atoms with Crippen LogP contribution in [0.15, 0.2) is 24.3 Å². The number of nitriles is 1. The Morgan fingerprint density at radius 2 is 2.05 bits per heavy atom. The normalized spacial score (nSPS) is 21.5. The fourth-order valence-corrected chi connectivity index (χ4v) is 2.52. The quantitative estimate of drug-likeness (QED) is 0.910. The molecule has 1 fully saturated rings. The van der Waals surface area contributed by atoms with Crippen molar-refractivity contribution in [3.05, 3.63) is 35.4 Å². The first kappa shape index (κ1) is 14.1. The summed E-state index contributed by atoms with van der Waals surface area (Å²) < 4.78 is 0. The largest absolute Gasteiger partial charge is 0.480 e. The molecule has 1 aromatic carbocycles. The third-order valence-electron chi connectivity index (χ3n) is 3.83. The number of aliphatic carboxylic acids is 1. The van der Waals surface area contributed by atoms with E-state index in [-0.39, 0.29) is 5.91 Å². The van der Waals surface area contributed by atoms with Gasteiger partial charge >= 0.3 is 5.97 Å². The van der Waals surface area contributed by atoms with E-state index < -0.39 is 11.5 Å². The first-order valence-corrected chi connectivity index (χ1v) is 6.50. The van der Waals surface area contributed by atoms with Crippen molar-refractivity contribution >= 4 is 11.9 Å². The molecule has 1 N–H and O–H groups in total. The smallest absolute Gasteiger partial charge is 0.329 e. The van der Waals surface area contributed by atoms with E-state index in [2.05, 4.69) is 0 Å². The van der Waals surface area contributed by atoms with Gasteiger partial charge in [0.05, 0.1) is 12.5 Å². The Labute approximate surface area is 117 Å². The van der Waals surface area contributed by atoms with E-state index in [0.717, 1.165) is 5.56 Å². The van der Waals surface area contributed by atoms with Gasteiger partial charge in [0, 0.05) is 12.1 Å². The maximum atomic E-state index is 12.4. The van der Waals surface area contributed by atoms with Gasteiger partial charge in [0.25, 0.3) is 5.91 Å². The van der Waals surface area contributed by atoms with Crippen LogP contribution < -0.4 is 0 Å². The van der Waals surface area contributed by atoms with Gasteiger partial charge < -0.3 is 10.0 Å². The summed E-state index contributed by atoms with van der Waals surface area (Å²) in [5.41, 5.74) is 0.176. The SMILES string of the molecule is CC1(C(=O)O)CCCN1C(=O)c1ccc(CC#N)cc1. The van der Waals surface area contributed by atoms with Gasteiger partial charge in [-0.15, -0.1) is 0 Å². The molecule has 0 spiro atoms. The van der Waals surface area contributed by atoms with Crippen LogP contribution in [0, 0.1) is 11.3 Å². The summed E-state index contributed by atoms with van der Waals surface area (Å²) in [4.78, 5) is 25.2. The topological polar surface area (TPSA) is 81.4 Å². The number of nitrogens with zero attached hydrogens (tertiary/aromatic N) is 2. The lowest BCUT2D eigenvalue weighted by atomic mass is 9.98. The molecule has 1 aliphatic rings. The summed E-state index contributed by atoms with van der Waals surface area (Å²) in [6.07, 6.45) is 1.46. The highest BCUT2D eigenvalue weighted by atomic mass is 16.4. The van der Waals surface area contributed by atoms with E-state index in [1.165, 1.54) is 4.90 Å². The number of likely N-dealkylation sites (tertiary alicyclic amines) is 1. The van der Waals surface area contributed by atoms with E-state index in [4.69, 9.17) is 5.26 Å². The molecule has 1 aromatic rings. The molecular weight excluding hydrogens is 256 g/mol. The van der Waals surface area contributed by atoms with Crippen LogP contribution in [0.2, 0.25) is 0 Å². The van der Waals surface area contributed by atoms with Crippen molar-refractivity contribution in [3.8, 4) is 6.07 Å². The Bertz CT molecular complexity index is 574. The molecule has 1 aliphatic heterocycles.